The van der Waals surface area contributed by atoms with E-state index < -0.39 is 0 Å². The van der Waals surface area contributed by atoms with Crippen LogP contribution in [0.3, 0.4) is 0 Å². The number of rotatable bonds is 2. The Morgan fingerprint density at radius 1 is 1.50 bits per heavy atom. The predicted molar refractivity (Wildman–Crippen MR) is 48.4 cm³/mol. The Morgan fingerprint density at radius 3 is 2.33 bits per heavy atom. The SMILES string of the molecule is C/C(=C\C#N)CC(=O)C(C)(C)C. The average Bonchev–Trinajstić information content (AvgIpc) is 1.85. The van der Waals surface area contributed by atoms with Crippen molar-refractivity contribution in [2.24, 2.45) is 5.41 Å². The van der Waals surface area contributed by atoms with Crippen molar-refractivity contribution in [1.82, 2.24) is 0 Å². The van der Waals surface area contributed by atoms with Gasteiger partial charge in [0.15, 0.2) is 0 Å². The standard InChI is InChI=1S/C10H15NO/c1-8(5-6-11)7-9(12)10(2,3)4/h5H,7H2,1-4H3/b8-5+. The lowest BCUT2D eigenvalue weighted by Gasteiger charge is -2.16. The first kappa shape index (κ1) is 10.9. The van der Waals surface area contributed by atoms with Crippen molar-refractivity contribution in [3.8, 4) is 6.07 Å². The number of carbonyl (C=O) groups excluding carboxylic acids is 1. The first-order valence-corrected chi connectivity index (χ1v) is 3.96. The van der Waals surface area contributed by atoms with E-state index in [9.17, 15) is 4.79 Å². The molecule has 0 spiro atoms. The second-order valence-corrected chi connectivity index (χ2v) is 3.97. The van der Waals surface area contributed by atoms with Crippen molar-refractivity contribution in [2.45, 2.75) is 34.1 Å². The highest BCUT2D eigenvalue weighted by molar-refractivity contribution is 5.85. The van der Waals surface area contributed by atoms with Gasteiger partial charge in [-0.25, -0.2) is 0 Å². The zero-order chi connectivity index (χ0) is 9.78. The van der Waals surface area contributed by atoms with E-state index in [0.717, 1.165) is 5.57 Å². The van der Waals surface area contributed by atoms with Gasteiger partial charge in [-0.05, 0) is 6.92 Å². The molecule has 0 fully saturated rings. The second kappa shape index (κ2) is 4.06. The third-order valence-electron chi connectivity index (χ3n) is 1.59. The highest BCUT2D eigenvalue weighted by Crippen LogP contribution is 2.19. The smallest absolute Gasteiger partial charge is 0.142 e. The fourth-order valence-electron chi connectivity index (χ4n) is 0.680. The molecular formula is C10H15NO. The van der Waals surface area contributed by atoms with Crippen molar-refractivity contribution in [2.75, 3.05) is 0 Å². The van der Waals surface area contributed by atoms with E-state index in [-0.39, 0.29) is 11.2 Å². The zero-order valence-corrected chi connectivity index (χ0v) is 8.14. The molecule has 0 heterocycles. The molecule has 0 N–H and O–H groups in total. The van der Waals surface area contributed by atoms with Crippen molar-refractivity contribution in [3.63, 3.8) is 0 Å². The summed E-state index contributed by atoms with van der Waals surface area (Å²) in [5.41, 5.74) is 0.530. The topological polar surface area (TPSA) is 40.9 Å². The van der Waals surface area contributed by atoms with E-state index in [1.165, 1.54) is 6.08 Å². The Kier molecular flexibility index (Phi) is 3.69. The van der Waals surface area contributed by atoms with E-state index in [2.05, 4.69) is 0 Å². The lowest BCUT2D eigenvalue weighted by Crippen LogP contribution is -2.19. The maximum atomic E-state index is 11.4. The van der Waals surface area contributed by atoms with Gasteiger partial charge in [0.2, 0.25) is 0 Å². The predicted octanol–water partition coefficient (Wildman–Crippen LogP) is 2.46. The van der Waals surface area contributed by atoms with Gasteiger partial charge in [0, 0.05) is 17.9 Å². The highest BCUT2D eigenvalue weighted by Gasteiger charge is 2.20. The van der Waals surface area contributed by atoms with Crippen molar-refractivity contribution in [1.29, 1.82) is 5.26 Å². The van der Waals surface area contributed by atoms with Gasteiger partial charge >= 0.3 is 0 Å². The van der Waals surface area contributed by atoms with Crippen molar-refractivity contribution in [3.05, 3.63) is 11.6 Å². The first-order valence-electron chi connectivity index (χ1n) is 3.96. The molecule has 0 aliphatic heterocycles. The van der Waals surface area contributed by atoms with Gasteiger partial charge in [-0.3, -0.25) is 4.79 Å². The second-order valence-electron chi connectivity index (χ2n) is 3.97. The van der Waals surface area contributed by atoms with Gasteiger partial charge in [0.05, 0.1) is 6.07 Å². The fraction of sp³-hybridized carbons (Fsp3) is 0.600. The molecule has 0 aliphatic rings. The van der Waals surface area contributed by atoms with Gasteiger partial charge in [-0.2, -0.15) is 5.26 Å². The molecule has 2 nitrogen and oxygen atoms in total. The maximum Gasteiger partial charge on any atom is 0.142 e. The van der Waals surface area contributed by atoms with Gasteiger partial charge in [0.1, 0.15) is 5.78 Å². The first-order chi connectivity index (χ1) is 5.38. The number of Topliss-reactive ketones (excluding diaryl/α,β-unsaturated/α-hetero) is 1. The summed E-state index contributed by atoms with van der Waals surface area (Å²) < 4.78 is 0. The maximum absolute atomic E-state index is 11.4. The lowest BCUT2D eigenvalue weighted by molar-refractivity contribution is -0.125. The van der Waals surface area contributed by atoms with Crippen LogP contribution in [0.2, 0.25) is 0 Å². The number of hydrogen-bond donors (Lipinski definition) is 0. The fourth-order valence-corrected chi connectivity index (χ4v) is 0.680. The van der Waals surface area contributed by atoms with Gasteiger partial charge in [0.25, 0.3) is 0 Å². The number of allylic oxidation sites excluding steroid dienone is 2. The minimum atomic E-state index is -0.301. The normalized spacial score (nSPS) is 12.4. The average molecular weight is 165 g/mol. The lowest BCUT2D eigenvalue weighted by atomic mass is 9.87. The summed E-state index contributed by atoms with van der Waals surface area (Å²) in [5.74, 6) is 0.173. The van der Waals surface area contributed by atoms with Gasteiger partial charge < -0.3 is 0 Å². The van der Waals surface area contributed by atoms with Crippen molar-refractivity contribution >= 4 is 5.78 Å². The summed E-state index contributed by atoms with van der Waals surface area (Å²) in [7, 11) is 0. The van der Waals surface area contributed by atoms with Gasteiger partial charge in [-0.15, -0.1) is 0 Å². The molecule has 12 heavy (non-hydrogen) atoms. The van der Waals surface area contributed by atoms with Crippen molar-refractivity contribution < 1.29 is 4.79 Å². The van der Waals surface area contributed by atoms with Gasteiger partial charge in [-0.1, -0.05) is 26.3 Å². The van der Waals surface area contributed by atoms with Crippen LogP contribution in [0.1, 0.15) is 34.1 Å². The Hall–Kier alpha value is -1.10. The number of nitriles is 1. The van der Waals surface area contributed by atoms with Crippen LogP contribution in [-0.2, 0) is 4.79 Å². The Balaban J connectivity index is 4.23. The number of carbonyl (C=O) groups is 1. The highest BCUT2D eigenvalue weighted by atomic mass is 16.1. The molecule has 0 atom stereocenters. The molecular weight excluding hydrogens is 150 g/mol. The van der Waals surface area contributed by atoms with Crippen LogP contribution in [0, 0.1) is 16.7 Å². The summed E-state index contributed by atoms with van der Waals surface area (Å²) >= 11 is 0. The van der Waals surface area contributed by atoms with E-state index in [1.807, 2.05) is 26.8 Å². The van der Waals surface area contributed by atoms with Crippen LogP contribution in [-0.4, -0.2) is 5.78 Å². The van der Waals surface area contributed by atoms with E-state index in [1.54, 1.807) is 6.92 Å². The van der Waals surface area contributed by atoms with Crippen LogP contribution >= 0.6 is 0 Å². The molecule has 0 radical (unpaired) electrons. The quantitative estimate of drug-likeness (QED) is 0.590. The number of hydrogen-bond acceptors (Lipinski definition) is 2. The third-order valence-corrected chi connectivity index (χ3v) is 1.59. The Bertz CT molecular complexity index is 238. The molecule has 0 rings (SSSR count). The van der Waals surface area contributed by atoms with Crippen LogP contribution < -0.4 is 0 Å². The Labute approximate surface area is 73.9 Å². The number of nitrogens with zero attached hydrogens (tertiary/aromatic N) is 1. The Morgan fingerprint density at radius 2 is 2.00 bits per heavy atom. The minimum absolute atomic E-state index is 0.173. The summed E-state index contributed by atoms with van der Waals surface area (Å²) in [4.78, 5) is 11.4. The molecule has 2 heteroatoms. The molecule has 0 saturated carbocycles. The molecule has 0 unspecified atom stereocenters. The van der Waals surface area contributed by atoms with E-state index >= 15 is 0 Å². The molecule has 0 amide bonds. The largest absolute Gasteiger partial charge is 0.299 e. The summed E-state index contributed by atoms with van der Waals surface area (Å²) in [6.07, 6.45) is 1.81. The van der Waals surface area contributed by atoms with Crippen LogP contribution in [0.5, 0.6) is 0 Å². The number of ketones is 1. The molecule has 0 aromatic heterocycles. The van der Waals surface area contributed by atoms with Crippen LogP contribution in [0.4, 0.5) is 0 Å². The summed E-state index contributed by atoms with van der Waals surface area (Å²) in [5, 5.41) is 8.31. The molecule has 0 saturated heterocycles. The summed E-state index contributed by atoms with van der Waals surface area (Å²) in [6.45, 7) is 7.45. The molecule has 66 valence electrons. The van der Waals surface area contributed by atoms with Crippen LogP contribution in [0.25, 0.3) is 0 Å². The third kappa shape index (κ3) is 3.92. The van der Waals surface area contributed by atoms with E-state index in [0.29, 0.717) is 6.42 Å². The molecule has 0 aromatic rings. The summed E-state index contributed by atoms with van der Waals surface area (Å²) in [6, 6.07) is 1.91. The monoisotopic (exact) mass is 165 g/mol. The molecule has 0 bridgehead atoms. The molecule has 0 aromatic carbocycles. The molecule has 0 aliphatic carbocycles. The van der Waals surface area contributed by atoms with Crippen LogP contribution in [0.15, 0.2) is 11.6 Å². The minimum Gasteiger partial charge on any atom is -0.299 e. The zero-order valence-electron chi connectivity index (χ0n) is 8.14. The van der Waals surface area contributed by atoms with E-state index in [4.69, 9.17) is 5.26 Å².